The Bertz CT molecular complexity index is 829. The molecule has 0 atom stereocenters. The summed E-state index contributed by atoms with van der Waals surface area (Å²) in [5.41, 5.74) is 0.962. The van der Waals surface area contributed by atoms with E-state index in [0.717, 1.165) is 5.56 Å². The summed E-state index contributed by atoms with van der Waals surface area (Å²) in [4.78, 5) is 12.6. The smallest absolute Gasteiger partial charge is 0.243 e. The fourth-order valence-corrected chi connectivity index (χ4v) is 3.92. The van der Waals surface area contributed by atoms with E-state index < -0.39 is 10.0 Å². The van der Waals surface area contributed by atoms with Crippen molar-refractivity contribution in [2.24, 2.45) is 5.41 Å². The van der Waals surface area contributed by atoms with Crippen molar-refractivity contribution in [3.05, 3.63) is 66.2 Å². The van der Waals surface area contributed by atoms with Crippen LogP contribution in [0, 0.1) is 5.41 Å². The van der Waals surface area contributed by atoms with Crippen molar-refractivity contribution in [1.82, 2.24) is 9.62 Å². The summed E-state index contributed by atoms with van der Waals surface area (Å²) in [7, 11) is -3.75. The Morgan fingerprint density at radius 1 is 0.963 bits per heavy atom. The number of nitrogens with one attached hydrogen (secondary N) is 1. The second-order valence-electron chi connectivity index (χ2n) is 7.72. The molecule has 146 valence electrons. The number of benzene rings is 2. The van der Waals surface area contributed by atoms with E-state index >= 15 is 0 Å². The van der Waals surface area contributed by atoms with Crippen LogP contribution in [-0.2, 0) is 21.2 Å². The molecule has 0 saturated heterocycles. The molecule has 0 bridgehead atoms. The number of rotatable bonds is 8. The maximum absolute atomic E-state index is 13.0. The molecule has 1 N–H and O–H groups in total. The highest BCUT2D eigenvalue weighted by atomic mass is 32.2. The first kappa shape index (κ1) is 21.1. The molecule has 0 saturated carbocycles. The topological polar surface area (TPSA) is 66.5 Å². The van der Waals surface area contributed by atoms with Crippen molar-refractivity contribution in [1.29, 1.82) is 0 Å². The predicted octanol–water partition coefficient (Wildman–Crippen LogP) is 3.08. The molecule has 0 aromatic heterocycles. The van der Waals surface area contributed by atoms with Gasteiger partial charge in [0.1, 0.15) is 0 Å². The normalized spacial score (nSPS) is 12.1. The summed E-state index contributed by atoms with van der Waals surface area (Å²) >= 11 is 0. The number of amides is 1. The monoisotopic (exact) mass is 388 g/mol. The Hall–Kier alpha value is -2.18. The first-order valence-corrected chi connectivity index (χ1v) is 10.5. The molecule has 0 unspecified atom stereocenters. The Morgan fingerprint density at radius 3 is 2.07 bits per heavy atom. The highest BCUT2D eigenvalue weighted by Gasteiger charge is 2.26. The van der Waals surface area contributed by atoms with Gasteiger partial charge in [0, 0.05) is 13.1 Å². The maximum Gasteiger partial charge on any atom is 0.243 e. The molecular weight excluding hydrogens is 360 g/mol. The van der Waals surface area contributed by atoms with Gasteiger partial charge in [0.25, 0.3) is 0 Å². The first-order chi connectivity index (χ1) is 12.7. The van der Waals surface area contributed by atoms with E-state index in [1.165, 1.54) is 4.31 Å². The van der Waals surface area contributed by atoms with Crippen molar-refractivity contribution in [3.63, 3.8) is 0 Å². The Kier molecular flexibility index (Phi) is 7.16. The summed E-state index contributed by atoms with van der Waals surface area (Å²) in [6, 6.07) is 17.9. The van der Waals surface area contributed by atoms with Gasteiger partial charge in [-0.2, -0.15) is 4.31 Å². The van der Waals surface area contributed by atoms with Crippen LogP contribution < -0.4 is 5.32 Å². The van der Waals surface area contributed by atoms with E-state index in [9.17, 15) is 13.2 Å². The molecule has 0 heterocycles. The number of hydrogen-bond acceptors (Lipinski definition) is 3. The molecule has 2 aromatic rings. The van der Waals surface area contributed by atoms with Crippen molar-refractivity contribution >= 4 is 15.9 Å². The van der Waals surface area contributed by atoms with Crippen molar-refractivity contribution < 1.29 is 13.2 Å². The van der Waals surface area contributed by atoms with Crippen molar-refractivity contribution in [2.75, 3.05) is 19.6 Å². The largest absolute Gasteiger partial charge is 0.354 e. The first-order valence-electron chi connectivity index (χ1n) is 9.04. The fraction of sp³-hybridized carbons (Fsp3) is 0.381. The number of carbonyl (C=O) groups is 1. The van der Waals surface area contributed by atoms with Crippen LogP contribution in [0.15, 0.2) is 65.6 Å². The van der Waals surface area contributed by atoms with Gasteiger partial charge >= 0.3 is 0 Å². The minimum atomic E-state index is -3.75. The van der Waals surface area contributed by atoms with Crippen LogP contribution in [0.1, 0.15) is 26.3 Å². The lowest BCUT2D eigenvalue weighted by Crippen LogP contribution is -2.43. The van der Waals surface area contributed by atoms with Crippen molar-refractivity contribution in [2.45, 2.75) is 32.1 Å². The molecule has 0 spiro atoms. The number of hydrogen-bond donors (Lipinski definition) is 1. The molecule has 0 aliphatic carbocycles. The van der Waals surface area contributed by atoms with Gasteiger partial charge in [-0.05, 0) is 29.5 Å². The van der Waals surface area contributed by atoms with E-state index in [0.29, 0.717) is 13.0 Å². The quantitative estimate of drug-likeness (QED) is 0.756. The molecule has 5 nitrogen and oxygen atoms in total. The Balaban J connectivity index is 2.16. The van der Waals surface area contributed by atoms with E-state index in [4.69, 9.17) is 0 Å². The second kappa shape index (κ2) is 9.15. The Labute approximate surface area is 162 Å². The summed E-state index contributed by atoms with van der Waals surface area (Å²) < 4.78 is 27.3. The van der Waals surface area contributed by atoms with Gasteiger partial charge in [-0.1, -0.05) is 69.3 Å². The van der Waals surface area contributed by atoms with Gasteiger partial charge in [-0.15, -0.1) is 0 Å². The average Bonchev–Trinajstić information content (AvgIpc) is 2.64. The minimum absolute atomic E-state index is 0.0666. The van der Waals surface area contributed by atoms with Crippen LogP contribution in [0.2, 0.25) is 0 Å². The molecule has 1 amide bonds. The van der Waals surface area contributed by atoms with E-state index in [1.807, 2.05) is 51.1 Å². The minimum Gasteiger partial charge on any atom is -0.354 e. The molecule has 27 heavy (non-hydrogen) atoms. The Morgan fingerprint density at radius 2 is 1.52 bits per heavy atom. The second-order valence-corrected chi connectivity index (χ2v) is 9.66. The van der Waals surface area contributed by atoms with Crippen LogP contribution >= 0.6 is 0 Å². The van der Waals surface area contributed by atoms with Crippen molar-refractivity contribution in [3.8, 4) is 0 Å². The number of carbonyl (C=O) groups excluding carboxylic acids is 1. The third kappa shape index (κ3) is 6.81. The highest BCUT2D eigenvalue weighted by Crippen LogP contribution is 2.16. The van der Waals surface area contributed by atoms with Gasteiger partial charge in [-0.25, -0.2) is 8.42 Å². The summed E-state index contributed by atoms with van der Waals surface area (Å²) in [5.74, 6) is -0.294. The fourth-order valence-electron chi connectivity index (χ4n) is 2.50. The van der Waals surface area contributed by atoms with Gasteiger partial charge in [-0.3, -0.25) is 4.79 Å². The lowest BCUT2D eigenvalue weighted by Gasteiger charge is -2.24. The highest BCUT2D eigenvalue weighted by molar-refractivity contribution is 7.89. The zero-order valence-electron chi connectivity index (χ0n) is 16.2. The van der Waals surface area contributed by atoms with Gasteiger partial charge < -0.3 is 5.32 Å². The predicted molar refractivity (Wildman–Crippen MR) is 108 cm³/mol. The third-order valence-electron chi connectivity index (χ3n) is 4.01. The lowest BCUT2D eigenvalue weighted by atomic mass is 9.97. The maximum atomic E-state index is 13.0. The summed E-state index contributed by atoms with van der Waals surface area (Å²) in [6.07, 6.45) is 0.541. The molecule has 2 aromatic carbocycles. The standard InChI is InChI=1S/C21H28N2O3S/c1-21(2,3)17-22-20(24)16-23(15-14-18-10-6-4-7-11-18)27(25,26)19-12-8-5-9-13-19/h4-13H,14-17H2,1-3H3,(H,22,24). The van der Waals surface area contributed by atoms with E-state index in [2.05, 4.69) is 5.32 Å². The van der Waals surface area contributed by atoms with Crippen LogP contribution in [-0.4, -0.2) is 38.3 Å². The molecular formula is C21H28N2O3S. The molecule has 0 radical (unpaired) electrons. The van der Waals surface area contributed by atoms with Crippen LogP contribution in [0.5, 0.6) is 0 Å². The van der Waals surface area contributed by atoms with Crippen LogP contribution in [0.3, 0.4) is 0 Å². The lowest BCUT2D eigenvalue weighted by molar-refractivity contribution is -0.121. The van der Waals surface area contributed by atoms with Gasteiger partial charge in [0.05, 0.1) is 11.4 Å². The zero-order valence-corrected chi connectivity index (χ0v) is 17.0. The SMILES string of the molecule is CC(C)(C)CNC(=O)CN(CCc1ccccc1)S(=O)(=O)c1ccccc1. The zero-order chi connectivity index (χ0) is 19.9. The van der Waals surface area contributed by atoms with Gasteiger partial charge in [0.2, 0.25) is 15.9 Å². The molecule has 0 aliphatic heterocycles. The van der Waals surface area contributed by atoms with E-state index in [-0.39, 0.29) is 29.3 Å². The van der Waals surface area contributed by atoms with Crippen LogP contribution in [0.25, 0.3) is 0 Å². The molecule has 6 heteroatoms. The van der Waals surface area contributed by atoms with E-state index in [1.54, 1.807) is 30.3 Å². The summed E-state index contributed by atoms with van der Waals surface area (Å²) in [6.45, 7) is 6.58. The number of nitrogens with zero attached hydrogens (tertiary/aromatic N) is 1. The average molecular weight is 389 g/mol. The molecule has 0 aliphatic rings. The molecule has 2 rings (SSSR count). The van der Waals surface area contributed by atoms with Crippen LogP contribution in [0.4, 0.5) is 0 Å². The summed E-state index contributed by atoms with van der Waals surface area (Å²) in [5, 5.41) is 2.83. The van der Waals surface area contributed by atoms with Gasteiger partial charge in [0.15, 0.2) is 0 Å². The number of sulfonamides is 1. The third-order valence-corrected chi connectivity index (χ3v) is 5.87. The molecule has 0 fully saturated rings.